The van der Waals surface area contributed by atoms with E-state index >= 15 is 0 Å². The van der Waals surface area contributed by atoms with Crippen molar-refractivity contribution < 1.29 is 14.7 Å². The van der Waals surface area contributed by atoms with Crippen molar-refractivity contribution in [2.75, 3.05) is 0 Å². The highest BCUT2D eigenvalue weighted by Gasteiger charge is 2.21. The average Bonchev–Trinajstić information content (AvgIpc) is 2.57. The fourth-order valence-electron chi connectivity index (χ4n) is 2.51. The van der Waals surface area contributed by atoms with Crippen molar-refractivity contribution >= 4 is 11.8 Å². The van der Waals surface area contributed by atoms with Gasteiger partial charge in [0.05, 0.1) is 5.56 Å². The van der Waals surface area contributed by atoms with E-state index in [1.807, 2.05) is 18.2 Å². The molecule has 3 rings (SSSR count). The Hall–Kier alpha value is -2.42. The van der Waals surface area contributed by atoms with Crippen molar-refractivity contribution in [1.29, 1.82) is 0 Å². The zero-order valence-electron chi connectivity index (χ0n) is 10.2. The zero-order chi connectivity index (χ0) is 13.4. The predicted octanol–water partition coefficient (Wildman–Crippen LogP) is 2.71. The highest BCUT2D eigenvalue weighted by molar-refractivity contribution is 6.12. The summed E-state index contributed by atoms with van der Waals surface area (Å²) in [5.41, 5.74) is 3.31. The van der Waals surface area contributed by atoms with E-state index in [2.05, 4.69) is 0 Å². The molecule has 0 amide bonds. The van der Waals surface area contributed by atoms with Gasteiger partial charge in [0.1, 0.15) is 0 Å². The number of rotatable bonds is 1. The van der Waals surface area contributed by atoms with E-state index < -0.39 is 5.97 Å². The lowest BCUT2D eigenvalue weighted by Crippen LogP contribution is -2.06. The van der Waals surface area contributed by atoms with Crippen LogP contribution in [0.1, 0.15) is 37.4 Å². The summed E-state index contributed by atoms with van der Waals surface area (Å²) in [6.45, 7) is 0. The molecule has 19 heavy (non-hydrogen) atoms. The first kappa shape index (κ1) is 11.7. The van der Waals surface area contributed by atoms with Gasteiger partial charge < -0.3 is 5.11 Å². The molecule has 2 aromatic rings. The molecule has 94 valence electrons. The number of hydrogen-bond donors (Lipinski definition) is 1. The first-order valence-corrected chi connectivity index (χ1v) is 6.15. The second-order valence-electron chi connectivity index (χ2n) is 4.66. The molecule has 1 aliphatic rings. The Morgan fingerprint density at radius 2 is 1.63 bits per heavy atom. The van der Waals surface area contributed by atoms with Crippen molar-refractivity contribution in [2.45, 2.75) is 12.8 Å². The number of hydrogen-bond acceptors (Lipinski definition) is 2. The number of aryl methyl sites for hydroxylation is 2. The lowest BCUT2D eigenvalue weighted by molar-refractivity contribution is 0.0697. The van der Waals surface area contributed by atoms with Gasteiger partial charge in [0, 0.05) is 11.1 Å². The highest BCUT2D eigenvalue weighted by atomic mass is 16.4. The van der Waals surface area contributed by atoms with E-state index in [1.54, 1.807) is 18.2 Å². The second kappa shape index (κ2) is 4.35. The number of carboxylic acids is 1. The topological polar surface area (TPSA) is 54.4 Å². The van der Waals surface area contributed by atoms with Crippen LogP contribution in [0.15, 0.2) is 42.5 Å². The Morgan fingerprint density at radius 1 is 0.947 bits per heavy atom. The van der Waals surface area contributed by atoms with Gasteiger partial charge in [-0.05, 0) is 36.1 Å². The molecule has 0 bridgehead atoms. The van der Waals surface area contributed by atoms with Crippen LogP contribution in [0, 0.1) is 0 Å². The van der Waals surface area contributed by atoms with E-state index in [0.29, 0.717) is 11.1 Å². The predicted molar refractivity (Wildman–Crippen MR) is 70.7 cm³/mol. The van der Waals surface area contributed by atoms with Crippen molar-refractivity contribution in [3.8, 4) is 0 Å². The second-order valence-corrected chi connectivity index (χ2v) is 4.66. The fourth-order valence-corrected chi connectivity index (χ4v) is 2.51. The molecular weight excluding hydrogens is 240 g/mol. The summed E-state index contributed by atoms with van der Waals surface area (Å²) in [6.07, 6.45) is 1.57. The maximum atomic E-state index is 12.5. The molecule has 1 N–H and O–H groups in total. The number of benzene rings is 2. The lowest BCUT2D eigenvalue weighted by Gasteiger charge is -2.06. The lowest BCUT2D eigenvalue weighted by atomic mass is 9.97. The van der Waals surface area contributed by atoms with E-state index in [0.717, 1.165) is 24.0 Å². The summed E-state index contributed by atoms with van der Waals surface area (Å²) in [6, 6.07) is 12.3. The first-order valence-electron chi connectivity index (χ1n) is 6.15. The van der Waals surface area contributed by atoms with Crippen LogP contribution in [0.2, 0.25) is 0 Å². The highest BCUT2D eigenvalue weighted by Crippen LogP contribution is 2.25. The number of fused-ring (bicyclic) bond motifs is 2. The van der Waals surface area contributed by atoms with Crippen molar-refractivity contribution in [1.82, 2.24) is 0 Å². The van der Waals surface area contributed by atoms with Crippen LogP contribution in [0.3, 0.4) is 0 Å². The Morgan fingerprint density at radius 3 is 2.37 bits per heavy atom. The van der Waals surface area contributed by atoms with Gasteiger partial charge >= 0.3 is 5.97 Å². The molecule has 0 fully saturated rings. The third kappa shape index (κ3) is 1.93. The minimum absolute atomic E-state index is 0.0776. The normalized spacial score (nSPS) is 13.4. The van der Waals surface area contributed by atoms with Gasteiger partial charge in [0.2, 0.25) is 0 Å². The van der Waals surface area contributed by atoms with Gasteiger partial charge in [0.15, 0.2) is 5.78 Å². The van der Waals surface area contributed by atoms with Crippen LogP contribution in [-0.4, -0.2) is 16.9 Å². The molecule has 1 aliphatic carbocycles. The van der Waals surface area contributed by atoms with Crippen LogP contribution in [0.25, 0.3) is 0 Å². The van der Waals surface area contributed by atoms with Gasteiger partial charge in [-0.2, -0.15) is 0 Å². The minimum Gasteiger partial charge on any atom is -0.478 e. The van der Waals surface area contributed by atoms with Crippen LogP contribution >= 0.6 is 0 Å². The summed E-state index contributed by atoms with van der Waals surface area (Å²) in [7, 11) is 0. The molecule has 0 aliphatic heterocycles. The van der Waals surface area contributed by atoms with Crippen LogP contribution in [-0.2, 0) is 12.8 Å². The number of aromatic carboxylic acids is 1. The van der Waals surface area contributed by atoms with Gasteiger partial charge in [-0.25, -0.2) is 4.79 Å². The smallest absolute Gasteiger partial charge is 0.335 e. The summed E-state index contributed by atoms with van der Waals surface area (Å²) < 4.78 is 0. The third-order valence-corrected chi connectivity index (χ3v) is 3.53. The Balaban J connectivity index is 2.18. The standard InChI is InChI=1S/C16H12O3/c17-15-13-4-2-1-3-10(13)5-6-11-7-8-12(16(18)19)9-14(11)15/h1-4,7-9H,5-6H2,(H,18,19). The van der Waals surface area contributed by atoms with E-state index in [1.165, 1.54) is 6.07 Å². The average molecular weight is 252 g/mol. The van der Waals surface area contributed by atoms with Crippen LogP contribution in [0.5, 0.6) is 0 Å². The Kier molecular flexibility index (Phi) is 2.67. The molecule has 0 atom stereocenters. The number of carbonyl (C=O) groups is 2. The van der Waals surface area contributed by atoms with E-state index in [9.17, 15) is 9.59 Å². The van der Waals surface area contributed by atoms with Crippen LogP contribution < -0.4 is 0 Å². The molecule has 0 spiro atoms. The molecule has 3 heteroatoms. The third-order valence-electron chi connectivity index (χ3n) is 3.53. The maximum absolute atomic E-state index is 12.5. The van der Waals surface area contributed by atoms with Gasteiger partial charge in [-0.3, -0.25) is 4.79 Å². The van der Waals surface area contributed by atoms with E-state index in [4.69, 9.17) is 5.11 Å². The molecule has 0 saturated carbocycles. The molecule has 0 heterocycles. The summed E-state index contributed by atoms with van der Waals surface area (Å²) >= 11 is 0. The molecular formula is C16H12O3. The van der Waals surface area contributed by atoms with Gasteiger partial charge in [-0.15, -0.1) is 0 Å². The quantitative estimate of drug-likeness (QED) is 0.849. The largest absolute Gasteiger partial charge is 0.478 e. The monoisotopic (exact) mass is 252 g/mol. The fraction of sp³-hybridized carbons (Fsp3) is 0.125. The SMILES string of the molecule is O=C(O)c1ccc2c(c1)C(=O)c1ccccc1CC2. The molecule has 0 unspecified atom stereocenters. The Labute approximate surface area is 110 Å². The zero-order valence-corrected chi connectivity index (χ0v) is 10.2. The summed E-state index contributed by atoms with van der Waals surface area (Å²) in [5.74, 6) is -1.08. The number of carbonyl (C=O) groups excluding carboxylic acids is 1. The summed E-state index contributed by atoms with van der Waals surface area (Å²) in [5, 5.41) is 9.03. The molecule has 3 nitrogen and oxygen atoms in total. The maximum Gasteiger partial charge on any atom is 0.335 e. The van der Waals surface area contributed by atoms with Gasteiger partial charge in [-0.1, -0.05) is 30.3 Å². The minimum atomic E-state index is -1.01. The molecule has 0 saturated heterocycles. The summed E-state index contributed by atoms with van der Waals surface area (Å²) in [4.78, 5) is 23.5. The molecule has 0 radical (unpaired) electrons. The van der Waals surface area contributed by atoms with Crippen molar-refractivity contribution in [3.05, 3.63) is 70.3 Å². The Bertz CT molecular complexity index is 686. The first-order chi connectivity index (χ1) is 9.16. The number of carboxylic acid groups (broad SMARTS) is 1. The molecule has 2 aromatic carbocycles. The van der Waals surface area contributed by atoms with Gasteiger partial charge in [0.25, 0.3) is 0 Å². The molecule has 0 aromatic heterocycles. The number of ketones is 1. The van der Waals surface area contributed by atoms with E-state index in [-0.39, 0.29) is 11.3 Å². The van der Waals surface area contributed by atoms with Crippen LogP contribution in [0.4, 0.5) is 0 Å². The van der Waals surface area contributed by atoms with Crippen molar-refractivity contribution in [3.63, 3.8) is 0 Å². The van der Waals surface area contributed by atoms with Crippen molar-refractivity contribution in [2.24, 2.45) is 0 Å².